The number of ketones is 1. The van der Waals surface area contributed by atoms with Crippen LogP contribution in [0.25, 0.3) is 5.76 Å². The Hall–Kier alpha value is -3.02. The number of hydrogen-bond donors (Lipinski definition) is 3. The van der Waals surface area contributed by atoms with Crippen molar-refractivity contribution in [1.82, 2.24) is 0 Å². The van der Waals surface area contributed by atoms with Gasteiger partial charge in [-0.15, -0.1) is 0 Å². The van der Waals surface area contributed by atoms with Gasteiger partial charge in [0.2, 0.25) is 10.0 Å². The molecule has 36 heavy (non-hydrogen) atoms. The predicted octanol–water partition coefficient (Wildman–Crippen LogP) is 4.65. The average Bonchev–Trinajstić information content (AvgIpc) is 2.81. The van der Waals surface area contributed by atoms with Gasteiger partial charge in [-0.3, -0.25) is 14.3 Å². The first-order valence-electron chi connectivity index (χ1n) is 11.4. The van der Waals surface area contributed by atoms with E-state index in [1.807, 2.05) is 19.1 Å². The van der Waals surface area contributed by atoms with Crippen molar-refractivity contribution in [3.05, 3.63) is 53.1 Å². The fourth-order valence-electron chi connectivity index (χ4n) is 4.47. The normalized spacial score (nSPS) is 19.8. The summed E-state index contributed by atoms with van der Waals surface area (Å²) in [7, 11) is -2.25. The quantitative estimate of drug-likeness (QED) is 0.459. The number of sulfonamides is 1. The lowest BCUT2D eigenvalue weighted by atomic mass is 9.66. The number of amidine groups is 1. The van der Waals surface area contributed by atoms with Crippen LogP contribution < -0.4 is 9.37 Å². The number of carbonyl (C=O) groups excluding carboxylic acids is 1. The van der Waals surface area contributed by atoms with Crippen LogP contribution in [0.15, 0.2) is 51.3 Å². The highest BCUT2D eigenvalue weighted by Gasteiger charge is 2.47. The minimum absolute atomic E-state index is 0.0634. The van der Waals surface area contributed by atoms with Crippen LogP contribution in [0.4, 0.5) is 11.4 Å². The van der Waals surface area contributed by atoms with Crippen molar-refractivity contribution >= 4 is 50.7 Å². The highest BCUT2D eigenvalue weighted by molar-refractivity contribution is 7.98. The van der Waals surface area contributed by atoms with Crippen molar-refractivity contribution in [2.24, 2.45) is 10.3 Å². The maximum atomic E-state index is 13.9. The van der Waals surface area contributed by atoms with Crippen LogP contribution in [0.1, 0.15) is 44.7 Å². The molecule has 0 aromatic heterocycles. The molecule has 1 aliphatic carbocycles. The number of anilines is 2. The Bertz CT molecular complexity index is 1420. The fourth-order valence-corrected chi connectivity index (χ4v) is 5.76. The van der Waals surface area contributed by atoms with Gasteiger partial charge < -0.3 is 10.2 Å². The highest BCUT2D eigenvalue weighted by Crippen LogP contribution is 2.48. The largest absolute Gasteiger partial charge is 0.506 e. The summed E-state index contributed by atoms with van der Waals surface area (Å²) in [5.41, 5.74) is 0.214. The monoisotopic (exact) mass is 531 g/mol. The second-order valence-electron chi connectivity index (χ2n) is 9.72. The minimum atomic E-state index is -3.59. The Labute approximate surface area is 214 Å². The van der Waals surface area contributed by atoms with Crippen molar-refractivity contribution in [3.63, 3.8) is 0 Å². The molecule has 0 bridgehead atoms. The van der Waals surface area contributed by atoms with Crippen LogP contribution in [0.3, 0.4) is 0 Å². The predicted molar refractivity (Wildman–Crippen MR) is 141 cm³/mol. The Morgan fingerprint density at radius 1 is 1.19 bits per heavy atom. The topological polar surface area (TPSA) is 131 Å². The number of carbonyl (C=O) groups is 1. The minimum Gasteiger partial charge on any atom is -0.506 e. The molecule has 0 unspecified atom stereocenters. The molecule has 2 aromatic carbocycles. The first-order chi connectivity index (χ1) is 16.8. The lowest BCUT2D eigenvalue weighted by molar-refractivity contribution is -0.120. The number of aromatic hydroxyl groups is 1. The number of nitrogens with zero attached hydrogens (tertiary/aromatic N) is 3. The summed E-state index contributed by atoms with van der Waals surface area (Å²) in [4.78, 5) is 14.2. The molecular formula is C25H29N3O6S2. The highest BCUT2D eigenvalue weighted by atomic mass is 32.2. The Balaban J connectivity index is 1.83. The maximum absolute atomic E-state index is 13.9. The van der Waals surface area contributed by atoms with E-state index in [0.717, 1.165) is 28.9 Å². The van der Waals surface area contributed by atoms with Gasteiger partial charge in [-0.2, -0.15) is 9.46 Å². The molecule has 0 spiro atoms. The Morgan fingerprint density at radius 3 is 2.50 bits per heavy atom. The fraction of sp³-hybridized carbons (Fsp3) is 0.360. The number of fused-ring (bicyclic) bond motifs is 2. The van der Waals surface area contributed by atoms with Crippen LogP contribution in [0.2, 0.25) is 0 Å². The first-order valence-corrected chi connectivity index (χ1v) is 14.0. The van der Waals surface area contributed by atoms with Crippen molar-refractivity contribution in [2.75, 3.05) is 22.7 Å². The standard InChI is InChI=1S/C25H29N3O6S2/c1-14(2)10-11-25(3)17-9-7-6-8-16(17)22(30)20(23(25)31)24-26-35-19-13-15(27(4)36(5,33)34)12-18(29)21(19)28(24)32/h6-9,12-14,29-30,32H,10-11H2,1-5H3/t25-/m1/s1. The van der Waals surface area contributed by atoms with Crippen LogP contribution in [0, 0.1) is 5.92 Å². The summed E-state index contributed by atoms with van der Waals surface area (Å²) in [6.45, 7) is 5.98. The van der Waals surface area contributed by atoms with Gasteiger partial charge in [0.1, 0.15) is 22.8 Å². The van der Waals surface area contributed by atoms with Gasteiger partial charge in [-0.05, 0) is 37.3 Å². The smallest absolute Gasteiger partial charge is 0.231 e. The molecule has 192 valence electrons. The molecule has 1 aliphatic heterocycles. The van der Waals surface area contributed by atoms with Gasteiger partial charge in [0.05, 0.1) is 22.3 Å². The van der Waals surface area contributed by atoms with E-state index in [4.69, 9.17) is 0 Å². The van der Waals surface area contributed by atoms with Gasteiger partial charge in [-0.1, -0.05) is 38.1 Å². The van der Waals surface area contributed by atoms with Gasteiger partial charge in [-0.25, -0.2) is 8.42 Å². The van der Waals surface area contributed by atoms with Crippen molar-refractivity contribution in [3.8, 4) is 5.75 Å². The molecule has 0 saturated heterocycles. The van der Waals surface area contributed by atoms with E-state index in [0.29, 0.717) is 28.5 Å². The average molecular weight is 532 g/mol. The zero-order chi connectivity index (χ0) is 26.6. The summed E-state index contributed by atoms with van der Waals surface area (Å²) < 4.78 is 29.2. The molecule has 2 aliphatic rings. The van der Waals surface area contributed by atoms with Crippen molar-refractivity contribution in [2.45, 2.75) is 43.9 Å². The van der Waals surface area contributed by atoms with E-state index in [2.05, 4.69) is 18.2 Å². The number of phenols is 1. The molecule has 3 N–H and O–H groups in total. The molecule has 0 amide bonds. The molecule has 0 radical (unpaired) electrons. The SMILES string of the molecule is CC(C)CC[C@@]1(C)C(=O)C(C2=NSc3cc(N(C)S(C)(=O)=O)cc(O)c3N2O)=C(O)c2ccccc21. The maximum Gasteiger partial charge on any atom is 0.231 e. The summed E-state index contributed by atoms with van der Waals surface area (Å²) in [5, 5.41) is 33.6. The number of rotatable bonds is 6. The van der Waals surface area contributed by atoms with Crippen LogP contribution >= 0.6 is 11.9 Å². The van der Waals surface area contributed by atoms with E-state index in [1.54, 1.807) is 12.1 Å². The van der Waals surface area contributed by atoms with E-state index < -0.39 is 21.2 Å². The number of hydrogen-bond acceptors (Lipinski definition) is 9. The lowest BCUT2D eigenvalue weighted by Crippen LogP contribution is -2.44. The van der Waals surface area contributed by atoms with E-state index in [9.17, 15) is 28.6 Å². The van der Waals surface area contributed by atoms with Crippen molar-refractivity contribution < 1.29 is 28.6 Å². The molecule has 2 aromatic rings. The molecular weight excluding hydrogens is 502 g/mol. The molecule has 0 fully saturated rings. The van der Waals surface area contributed by atoms with Gasteiger partial charge in [0.25, 0.3) is 0 Å². The van der Waals surface area contributed by atoms with Crippen LogP contribution in [-0.2, 0) is 20.2 Å². The second kappa shape index (κ2) is 9.13. The number of aliphatic hydroxyl groups excluding tert-OH is 1. The lowest BCUT2D eigenvalue weighted by Gasteiger charge is -2.37. The third-order valence-electron chi connectivity index (χ3n) is 6.73. The van der Waals surface area contributed by atoms with E-state index in [-0.39, 0.29) is 39.2 Å². The number of hydroxylamine groups is 1. The van der Waals surface area contributed by atoms with Gasteiger partial charge in [0.15, 0.2) is 11.6 Å². The van der Waals surface area contributed by atoms with Crippen LogP contribution in [0.5, 0.6) is 5.75 Å². The third kappa shape index (κ3) is 4.25. The van der Waals surface area contributed by atoms with Crippen molar-refractivity contribution in [1.29, 1.82) is 0 Å². The molecule has 0 saturated carbocycles. The summed E-state index contributed by atoms with van der Waals surface area (Å²) >= 11 is 0.862. The van der Waals surface area contributed by atoms with E-state index in [1.165, 1.54) is 19.2 Å². The Morgan fingerprint density at radius 2 is 1.86 bits per heavy atom. The molecule has 1 heterocycles. The molecule has 1 atom stereocenters. The number of benzene rings is 2. The van der Waals surface area contributed by atoms with E-state index >= 15 is 0 Å². The zero-order valence-electron chi connectivity index (χ0n) is 20.7. The summed E-state index contributed by atoms with van der Waals surface area (Å²) in [6, 6.07) is 9.80. The number of aliphatic hydroxyl groups is 1. The zero-order valence-corrected chi connectivity index (χ0v) is 22.3. The summed E-state index contributed by atoms with van der Waals surface area (Å²) in [5.74, 6) is -0.947. The first kappa shape index (κ1) is 26.1. The Kier molecular flexibility index (Phi) is 6.61. The number of phenolic OH excluding ortho intramolecular Hbond substituents is 1. The van der Waals surface area contributed by atoms with Crippen LogP contribution in [-0.4, -0.2) is 48.8 Å². The molecule has 11 heteroatoms. The molecule has 4 rings (SSSR count). The molecule has 9 nitrogen and oxygen atoms in total. The third-order valence-corrected chi connectivity index (χ3v) is 8.71. The second-order valence-corrected chi connectivity index (χ2v) is 12.5. The number of Topliss-reactive ketones (excluding diaryl/α,β-unsaturated/α-hetero) is 1. The van der Waals surface area contributed by atoms with Gasteiger partial charge in [0, 0.05) is 30.6 Å². The van der Waals surface area contributed by atoms with Gasteiger partial charge >= 0.3 is 0 Å². The summed E-state index contributed by atoms with van der Waals surface area (Å²) in [6.07, 6.45) is 2.34.